The second-order valence-electron chi connectivity index (χ2n) is 9.07. The molecule has 3 amide bonds. The zero-order valence-electron chi connectivity index (χ0n) is 24.0. The lowest BCUT2D eigenvalue weighted by molar-refractivity contribution is -0.129. The Labute approximate surface area is 244 Å². The van der Waals surface area contributed by atoms with Crippen LogP contribution in [0.15, 0.2) is 47.8 Å². The summed E-state index contributed by atoms with van der Waals surface area (Å²) >= 11 is 1.22. The SMILES string of the molecule is COCCN(CC(=O)Nc1nc(CC(=O)N(C)CCc2ccc(OC)c(OC)c2)cs1)C(=O)c1ccc(OC)cc1. The fourth-order valence-electron chi connectivity index (χ4n) is 3.90. The molecule has 2 aromatic carbocycles. The largest absolute Gasteiger partial charge is 0.497 e. The molecule has 0 aliphatic heterocycles. The normalized spacial score (nSPS) is 10.6. The molecule has 0 radical (unpaired) electrons. The van der Waals surface area contributed by atoms with E-state index < -0.39 is 5.91 Å². The van der Waals surface area contributed by atoms with Gasteiger partial charge >= 0.3 is 0 Å². The number of methoxy groups -OCH3 is 4. The summed E-state index contributed by atoms with van der Waals surface area (Å²) in [7, 11) is 7.99. The maximum atomic E-state index is 13.0. The number of anilines is 1. The van der Waals surface area contributed by atoms with Gasteiger partial charge in [0.2, 0.25) is 11.8 Å². The third-order valence-corrected chi connectivity index (χ3v) is 7.07. The van der Waals surface area contributed by atoms with E-state index in [1.807, 2.05) is 18.2 Å². The first-order valence-electron chi connectivity index (χ1n) is 12.9. The van der Waals surface area contributed by atoms with E-state index in [4.69, 9.17) is 18.9 Å². The van der Waals surface area contributed by atoms with Crippen molar-refractivity contribution >= 4 is 34.2 Å². The van der Waals surface area contributed by atoms with Gasteiger partial charge in [-0.3, -0.25) is 14.4 Å². The van der Waals surface area contributed by atoms with Crippen molar-refractivity contribution < 1.29 is 33.3 Å². The number of carbonyl (C=O) groups excluding carboxylic acids is 3. The average molecular weight is 585 g/mol. The third kappa shape index (κ3) is 9.19. The van der Waals surface area contributed by atoms with E-state index in [1.54, 1.807) is 62.9 Å². The second-order valence-corrected chi connectivity index (χ2v) is 9.93. The molecule has 0 aliphatic carbocycles. The molecular formula is C29H36N4O7S. The standard InChI is InChI=1S/C29H36N4O7S/c1-32(13-12-20-6-11-24(39-4)25(16-20)40-5)27(35)17-22-19-41-29(30-22)31-26(34)18-33(14-15-37-2)28(36)21-7-9-23(38-3)10-8-21/h6-11,16,19H,12-15,17-18H2,1-5H3,(H,30,31,34). The van der Waals surface area contributed by atoms with Crippen molar-refractivity contribution in [2.24, 2.45) is 0 Å². The summed E-state index contributed by atoms with van der Waals surface area (Å²) < 4.78 is 20.9. The maximum Gasteiger partial charge on any atom is 0.254 e. The van der Waals surface area contributed by atoms with Gasteiger partial charge in [0.25, 0.3) is 5.91 Å². The summed E-state index contributed by atoms with van der Waals surface area (Å²) in [5, 5.41) is 4.82. The Morgan fingerprint density at radius 1 is 0.927 bits per heavy atom. The number of aromatic nitrogens is 1. The molecule has 1 N–H and O–H groups in total. The van der Waals surface area contributed by atoms with Crippen LogP contribution in [-0.2, 0) is 27.2 Å². The summed E-state index contributed by atoms with van der Waals surface area (Å²) in [5.74, 6) is 1.12. The summed E-state index contributed by atoms with van der Waals surface area (Å²) in [6.45, 7) is 0.850. The van der Waals surface area contributed by atoms with Crippen LogP contribution in [0.5, 0.6) is 17.2 Å². The molecule has 41 heavy (non-hydrogen) atoms. The Morgan fingerprint density at radius 3 is 2.32 bits per heavy atom. The number of thiazole rings is 1. The van der Waals surface area contributed by atoms with Crippen LogP contribution in [-0.4, -0.2) is 94.2 Å². The minimum Gasteiger partial charge on any atom is -0.497 e. The molecule has 220 valence electrons. The molecule has 0 aliphatic rings. The van der Waals surface area contributed by atoms with E-state index in [1.165, 1.54) is 23.3 Å². The topological polar surface area (TPSA) is 120 Å². The highest BCUT2D eigenvalue weighted by molar-refractivity contribution is 7.13. The molecule has 3 rings (SSSR count). The molecule has 0 fully saturated rings. The number of benzene rings is 2. The Bertz CT molecular complexity index is 1310. The molecule has 11 nitrogen and oxygen atoms in total. The first kappa shape index (κ1) is 31.4. The number of nitrogens with zero attached hydrogens (tertiary/aromatic N) is 3. The fraction of sp³-hybridized carbons (Fsp3) is 0.379. The number of nitrogens with one attached hydrogen (secondary N) is 1. The summed E-state index contributed by atoms with van der Waals surface area (Å²) in [4.78, 5) is 46.0. The van der Waals surface area contributed by atoms with E-state index in [0.29, 0.717) is 46.6 Å². The van der Waals surface area contributed by atoms with Crippen LogP contribution in [0.3, 0.4) is 0 Å². The van der Waals surface area contributed by atoms with Gasteiger partial charge in [0, 0.05) is 38.2 Å². The highest BCUT2D eigenvalue weighted by atomic mass is 32.1. The van der Waals surface area contributed by atoms with Crippen molar-refractivity contribution in [2.75, 3.05) is 67.0 Å². The van der Waals surface area contributed by atoms with Crippen molar-refractivity contribution in [1.82, 2.24) is 14.8 Å². The molecule has 0 atom stereocenters. The molecule has 1 heterocycles. The minimum absolute atomic E-state index is 0.0931. The van der Waals surface area contributed by atoms with E-state index in [9.17, 15) is 14.4 Å². The summed E-state index contributed by atoms with van der Waals surface area (Å²) in [6.07, 6.45) is 0.751. The maximum absolute atomic E-state index is 13.0. The lowest BCUT2D eigenvalue weighted by Crippen LogP contribution is -2.40. The van der Waals surface area contributed by atoms with Crippen molar-refractivity contribution in [3.05, 3.63) is 64.7 Å². The predicted octanol–water partition coefficient (Wildman–Crippen LogP) is 3.14. The van der Waals surface area contributed by atoms with Crippen LogP contribution in [0.25, 0.3) is 0 Å². The lowest BCUT2D eigenvalue weighted by Gasteiger charge is -2.21. The van der Waals surface area contributed by atoms with Gasteiger partial charge in [-0.15, -0.1) is 11.3 Å². The van der Waals surface area contributed by atoms with Gasteiger partial charge in [0.1, 0.15) is 12.3 Å². The number of ether oxygens (including phenoxy) is 4. The molecule has 0 spiro atoms. The predicted molar refractivity (Wildman–Crippen MR) is 156 cm³/mol. The van der Waals surface area contributed by atoms with E-state index in [2.05, 4.69) is 10.3 Å². The van der Waals surface area contributed by atoms with Crippen LogP contribution in [0, 0.1) is 0 Å². The molecule has 0 saturated carbocycles. The quantitative estimate of drug-likeness (QED) is 0.289. The smallest absolute Gasteiger partial charge is 0.254 e. The van der Waals surface area contributed by atoms with Crippen LogP contribution in [0.1, 0.15) is 21.6 Å². The van der Waals surface area contributed by atoms with Crippen molar-refractivity contribution in [3.8, 4) is 17.2 Å². The summed E-state index contributed by atoms with van der Waals surface area (Å²) in [5.41, 5.74) is 2.00. The minimum atomic E-state index is -0.401. The highest BCUT2D eigenvalue weighted by Gasteiger charge is 2.20. The van der Waals surface area contributed by atoms with E-state index in [0.717, 1.165) is 5.56 Å². The van der Waals surface area contributed by atoms with Gasteiger partial charge in [-0.2, -0.15) is 0 Å². The van der Waals surface area contributed by atoms with Crippen molar-refractivity contribution in [3.63, 3.8) is 0 Å². The van der Waals surface area contributed by atoms with E-state index in [-0.39, 0.29) is 37.9 Å². The highest BCUT2D eigenvalue weighted by Crippen LogP contribution is 2.27. The average Bonchev–Trinajstić information content (AvgIpc) is 3.43. The molecular weight excluding hydrogens is 548 g/mol. The molecule has 1 aromatic heterocycles. The fourth-order valence-corrected chi connectivity index (χ4v) is 4.62. The van der Waals surface area contributed by atoms with E-state index >= 15 is 0 Å². The second kappa shape index (κ2) is 15.6. The lowest BCUT2D eigenvalue weighted by atomic mass is 10.1. The van der Waals surface area contributed by atoms with Gasteiger partial charge in [0.05, 0.1) is 40.1 Å². The summed E-state index contributed by atoms with van der Waals surface area (Å²) in [6, 6.07) is 12.3. The molecule has 12 heteroatoms. The van der Waals surface area contributed by atoms with Gasteiger partial charge in [-0.25, -0.2) is 4.98 Å². The van der Waals surface area contributed by atoms with Gasteiger partial charge in [-0.05, 0) is 48.4 Å². The number of amides is 3. The Kier molecular flexibility index (Phi) is 11.9. The Morgan fingerprint density at radius 2 is 1.66 bits per heavy atom. The molecule has 0 bridgehead atoms. The van der Waals surface area contributed by atoms with Gasteiger partial charge < -0.3 is 34.1 Å². The van der Waals surface area contributed by atoms with Gasteiger partial charge in [0.15, 0.2) is 16.6 Å². The molecule has 0 saturated heterocycles. The van der Waals surface area contributed by atoms with Crippen LogP contribution in [0.2, 0.25) is 0 Å². The first-order chi connectivity index (χ1) is 19.8. The molecule has 3 aromatic rings. The van der Waals surface area contributed by atoms with Gasteiger partial charge in [-0.1, -0.05) is 6.07 Å². The van der Waals surface area contributed by atoms with Crippen molar-refractivity contribution in [2.45, 2.75) is 12.8 Å². The Balaban J connectivity index is 1.53. The molecule has 0 unspecified atom stereocenters. The number of rotatable bonds is 15. The zero-order chi connectivity index (χ0) is 29.8. The monoisotopic (exact) mass is 584 g/mol. The van der Waals surface area contributed by atoms with Crippen LogP contribution >= 0.6 is 11.3 Å². The van der Waals surface area contributed by atoms with Crippen LogP contribution in [0.4, 0.5) is 5.13 Å². The third-order valence-electron chi connectivity index (χ3n) is 6.26. The Hall–Kier alpha value is -4.16. The number of likely N-dealkylation sites (N-methyl/N-ethyl adjacent to an activating group) is 1. The van der Waals surface area contributed by atoms with Crippen LogP contribution < -0.4 is 19.5 Å². The number of carbonyl (C=O) groups is 3. The van der Waals surface area contributed by atoms with Crippen molar-refractivity contribution in [1.29, 1.82) is 0 Å². The number of hydrogen-bond acceptors (Lipinski definition) is 9. The number of hydrogen-bond donors (Lipinski definition) is 1. The zero-order valence-corrected chi connectivity index (χ0v) is 24.8. The first-order valence-corrected chi connectivity index (χ1v) is 13.8.